The number of nitrogen functional groups attached to an aromatic ring is 1. The number of halogens is 1. The fourth-order valence-electron chi connectivity index (χ4n) is 2.14. The monoisotopic (exact) mass is 332 g/mol. The molecule has 0 atom stereocenters. The maximum Gasteiger partial charge on any atom is 0.357 e. The zero-order chi connectivity index (χ0) is 17.1. The normalized spacial score (nSPS) is 10.0. The van der Waals surface area contributed by atoms with E-state index < -0.39 is 11.9 Å². The molecule has 0 bridgehead atoms. The van der Waals surface area contributed by atoms with Crippen molar-refractivity contribution in [2.75, 3.05) is 19.9 Å². The number of nitrogens with zero attached hydrogens (tertiary/aromatic N) is 2. The molecule has 1 heterocycles. The van der Waals surface area contributed by atoms with Crippen LogP contribution in [-0.2, 0) is 4.74 Å². The Hall–Kier alpha value is -2.98. The lowest BCUT2D eigenvalue weighted by Gasteiger charge is -2.13. The van der Waals surface area contributed by atoms with Crippen LogP contribution in [0.5, 0.6) is 0 Å². The maximum atomic E-state index is 12.1. The van der Waals surface area contributed by atoms with Crippen LogP contribution < -0.4 is 11.1 Å². The van der Waals surface area contributed by atoms with E-state index in [0.717, 1.165) is 0 Å². The van der Waals surface area contributed by atoms with Crippen LogP contribution in [0, 0.1) is 11.3 Å². The summed E-state index contributed by atoms with van der Waals surface area (Å²) in [4.78, 5) is 24.1. The Morgan fingerprint density at radius 2 is 2.13 bits per heavy atom. The number of esters is 1. The van der Waals surface area contributed by atoms with Gasteiger partial charge in [0.1, 0.15) is 6.07 Å². The summed E-state index contributed by atoms with van der Waals surface area (Å²) >= 11 is 5.94. The van der Waals surface area contributed by atoms with Crippen molar-refractivity contribution >= 4 is 29.2 Å². The van der Waals surface area contributed by atoms with Gasteiger partial charge in [0.25, 0.3) is 5.91 Å². The number of methoxy groups -OCH3 is 1. The smallest absolute Gasteiger partial charge is 0.357 e. The number of carbonyl (C=O) groups excluding carboxylic acids is 2. The van der Waals surface area contributed by atoms with Gasteiger partial charge in [0, 0.05) is 18.3 Å². The van der Waals surface area contributed by atoms with Crippen LogP contribution in [0.1, 0.15) is 26.4 Å². The molecule has 7 nitrogen and oxygen atoms in total. The van der Waals surface area contributed by atoms with Crippen molar-refractivity contribution in [3.8, 4) is 11.8 Å². The van der Waals surface area contributed by atoms with Crippen molar-refractivity contribution in [2.24, 2.45) is 0 Å². The van der Waals surface area contributed by atoms with Crippen LogP contribution in [0.3, 0.4) is 0 Å². The molecule has 118 valence electrons. The highest BCUT2D eigenvalue weighted by molar-refractivity contribution is 6.31. The number of nitriles is 1. The molecular formula is C15H13ClN4O3. The first kappa shape index (κ1) is 16.4. The standard InChI is InChI=1S/C15H13ClN4O3/c1-19-14(21)10-5-9(16)3-4-11(10)20-7-8(6-17)12(18)13(20)15(22)23-2/h3-5,7H,18H2,1-2H3,(H,19,21). The summed E-state index contributed by atoms with van der Waals surface area (Å²) in [6.45, 7) is 0. The van der Waals surface area contributed by atoms with E-state index in [1.165, 1.54) is 31.0 Å². The van der Waals surface area contributed by atoms with Gasteiger partial charge in [0.05, 0.1) is 29.6 Å². The van der Waals surface area contributed by atoms with Crippen molar-refractivity contribution in [3.05, 3.63) is 46.2 Å². The minimum absolute atomic E-state index is 0.0165. The summed E-state index contributed by atoms with van der Waals surface area (Å²) in [7, 11) is 2.67. The maximum absolute atomic E-state index is 12.1. The Kier molecular flexibility index (Phi) is 4.57. The molecule has 0 aliphatic carbocycles. The highest BCUT2D eigenvalue weighted by Crippen LogP contribution is 2.28. The summed E-state index contributed by atoms with van der Waals surface area (Å²) in [6.07, 6.45) is 1.37. The summed E-state index contributed by atoms with van der Waals surface area (Å²) in [5, 5.41) is 12.0. The Morgan fingerprint density at radius 3 is 2.70 bits per heavy atom. The van der Waals surface area contributed by atoms with Crippen LogP contribution in [0.4, 0.5) is 5.69 Å². The van der Waals surface area contributed by atoms with Gasteiger partial charge >= 0.3 is 5.97 Å². The number of aromatic nitrogens is 1. The molecule has 0 radical (unpaired) electrons. The van der Waals surface area contributed by atoms with Gasteiger partial charge in [-0.1, -0.05) is 11.6 Å². The van der Waals surface area contributed by atoms with Gasteiger partial charge in [0.2, 0.25) is 0 Å². The highest BCUT2D eigenvalue weighted by atomic mass is 35.5. The van der Waals surface area contributed by atoms with Crippen molar-refractivity contribution < 1.29 is 14.3 Å². The Balaban J connectivity index is 2.80. The molecule has 0 aliphatic rings. The molecule has 3 N–H and O–H groups in total. The third-order valence-corrected chi connectivity index (χ3v) is 3.47. The fourth-order valence-corrected chi connectivity index (χ4v) is 2.31. The van der Waals surface area contributed by atoms with Gasteiger partial charge in [-0.3, -0.25) is 4.79 Å². The molecule has 0 saturated heterocycles. The number of amides is 1. The Bertz CT molecular complexity index is 836. The number of anilines is 1. The topological polar surface area (TPSA) is 110 Å². The second kappa shape index (κ2) is 6.42. The number of rotatable bonds is 3. The fraction of sp³-hybridized carbons (Fsp3) is 0.133. The molecule has 1 aromatic heterocycles. The lowest BCUT2D eigenvalue weighted by atomic mass is 10.1. The van der Waals surface area contributed by atoms with E-state index in [1.807, 2.05) is 6.07 Å². The van der Waals surface area contributed by atoms with E-state index in [1.54, 1.807) is 12.1 Å². The first-order valence-electron chi connectivity index (χ1n) is 6.45. The lowest BCUT2D eigenvalue weighted by molar-refractivity contribution is 0.0592. The van der Waals surface area contributed by atoms with Crippen molar-refractivity contribution in [1.82, 2.24) is 9.88 Å². The predicted octanol–water partition coefficient (Wildman–Crippen LogP) is 1.73. The van der Waals surface area contributed by atoms with E-state index >= 15 is 0 Å². The van der Waals surface area contributed by atoms with Gasteiger partial charge < -0.3 is 20.4 Å². The summed E-state index contributed by atoms with van der Waals surface area (Å²) < 4.78 is 6.06. The minimum atomic E-state index is -0.721. The third kappa shape index (κ3) is 2.84. The van der Waals surface area contributed by atoms with Gasteiger partial charge in [-0.2, -0.15) is 5.26 Å². The van der Waals surface area contributed by atoms with E-state index in [9.17, 15) is 9.59 Å². The summed E-state index contributed by atoms with van der Waals surface area (Å²) in [6, 6.07) is 6.47. The molecule has 0 saturated carbocycles. The van der Waals surface area contributed by atoms with Crippen LogP contribution in [0.15, 0.2) is 24.4 Å². The summed E-state index contributed by atoms with van der Waals surface area (Å²) in [5.74, 6) is -1.12. The first-order chi connectivity index (χ1) is 10.9. The number of ether oxygens (including phenoxy) is 1. The van der Waals surface area contributed by atoms with E-state index in [-0.39, 0.29) is 22.5 Å². The lowest BCUT2D eigenvalue weighted by Crippen LogP contribution is -2.21. The van der Waals surface area contributed by atoms with Crippen molar-refractivity contribution in [1.29, 1.82) is 5.26 Å². The number of carbonyl (C=O) groups is 2. The number of hydrogen-bond acceptors (Lipinski definition) is 5. The van der Waals surface area contributed by atoms with Gasteiger partial charge in [-0.05, 0) is 18.2 Å². The van der Waals surface area contributed by atoms with Crippen LogP contribution in [0.25, 0.3) is 5.69 Å². The molecule has 2 aromatic rings. The summed E-state index contributed by atoms with van der Waals surface area (Å²) in [5.41, 5.74) is 6.47. The molecule has 8 heteroatoms. The van der Waals surface area contributed by atoms with E-state index in [2.05, 4.69) is 5.32 Å². The van der Waals surface area contributed by atoms with E-state index in [4.69, 9.17) is 27.3 Å². The van der Waals surface area contributed by atoms with Crippen molar-refractivity contribution in [2.45, 2.75) is 0 Å². The number of nitrogens with one attached hydrogen (secondary N) is 1. The molecule has 0 fully saturated rings. The molecule has 0 aliphatic heterocycles. The molecule has 0 spiro atoms. The van der Waals surface area contributed by atoms with Crippen LogP contribution in [0.2, 0.25) is 5.02 Å². The molecule has 23 heavy (non-hydrogen) atoms. The van der Waals surface area contributed by atoms with Gasteiger partial charge in [-0.25, -0.2) is 4.79 Å². The van der Waals surface area contributed by atoms with E-state index in [0.29, 0.717) is 10.7 Å². The SMILES string of the molecule is CNC(=O)c1cc(Cl)ccc1-n1cc(C#N)c(N)c1C(=O)OC. The molecule has 0 unspecified atom stereocenters. The number of nitrogens with two attached hydrogens (primary N) is 1. The molecule has 1 aromatic carbocycles. The highest BCUT2D eigenvalue weighted by Gasteiger charge is 2.24. The number of benzene rings is 1. The van der Waals surface area contributed by atoms with Crippen molar-refractivity contribution in [3.63, 3.8) is 0 Å². The largest absolute Gasteiger partial charge is 0.464 e. The third-order valence-electron chi connectivity index (χ3n) is 3.23. The zero-order valence-electron chi connectivity index (χ0n) is 12.4. The first-order valence-corrected chi connectivity index (χ1v) is 6.83. The second-order valence-corrected chi connectivity index (χ2v) is 4.96. The molecular weight excluding hydrogens is 320 g/mol. The predicted molar refractivity (Wildman–Crippen MR) is 84.6 cm³/mol. The molecule has 1 amide bonds. The Labute approximate surface area is 137 Å². The van der Waals surface area contributed by atoms with Gasteiger partial charge in [0.15, 0.2) is 5.69 Å². The van der Waals surface area contributed by atoms with Gasteiger partial charge in [-0.15, -0.1) is 0 Å². The van der Waals surface area contributed by atoms with Crippen LogP contribution in [-0.4, -0.2) is 30.6 Å². The second-order valence-electron chi connectivity index (χ2n) is 4.52. The zero-order valence-corrected chi connectivity index (χ0v) is 13.1. The average molecular weight is 333 g/mol. The average Bonchev–Trinajstić information content (AvgIpc) is 2.89. The quantitative estimate of drug-likeness (QED) is 0.832. The molecule has 2 rings (SSSR count). The Morgan fingerprint density at radius 1 is 1.43 bits per heavy atom. The minimum Gasteiger partial charge on any atom is -0.464 e. The number of hydrogen-bond donors (Lipinski definition) is 2. The van der Waals surface area contributed by atoms with Crippen LogP contribution >= 0.6 is 11.6 Å².